The fraction of sp³-hybridized carbons (Fsp3) is 0.846. The van der Waals surface area contributed by atoms with Gasteiger partial charge in [-0.2, -0.15) is 8.42 Å². The van der Waals surface area contributed by atoms with Crippen molar-refractivity contribution in [2.75, 3.05) is 6.54 Å². The molecular weight excluding hydrogens is 539 g/mol. The summed E-state index contributed by atoms with van der Waals surface area (Å²) >= 11 is 0. The Morgan fingerprint density at radius 1 is 0.718 bits per heavy atom. The first kappa shape index (κ1) is 39.9. The van der Waals surface area contributed by atoms with Gasteiger partial charge in [0.15, 0.2) is 5.25 Å². The number of nitrogens with two attached hydrogens (primary N) is 1. The Morgan fingerprint density at radius 3 is 1.41 bits per heavy atom. The van der Waals surface area contributed by atoms with Crippen LogP contribution in [-0.4, -0.2) is 99.2 Å². The number of aliphatic carboxylic acids is 2. The molecule has 0 aliphatic heterocycles. The molecule has 0 aromatic carbocycles. The number of rotatable bonds is 25. The Morgan fingerprint density at radius 2 is 1.10 bits per heavy atom. The van der Waals surface area contributed by atoms with Crippen LogP contribution in [0.2, 0.25) is 0 Å². The maximum absolute atomic E-state index is 12.9. The van der Waals surface area contributed by atoms with Gasteiger partial charge in [-0.25, -0.2) is 4.79 Å². The standard InChI is InChI=1S/C26H48N2O9S.Na.H/c1-2-3-4-5-6-7-8-9-10-11-12-13-14-15-16-17-18-28(21(26(33)34)19-24(30)31)25(32)22(20-23(27)29)38(35,36)37;;/h21-22H,2-20H2,1H3,(H2,27,29)(H,30,31)(H,33,34)(H,35,36,37);;. The molecule has 0 aliphatic rings. The van der Waals surface area contributed by atoms with Crippen LogP contribution in [0.3, 0.4) is 0 Å². The number of carboxylic acid groups (broad SMARTS) is 2. The summed E-state index contributed by atoms with van der Waals surface area (Å²) in [4.78, 5) is 47.6. The molecule has 2 atom stereocenters. The van der Waals surface area contributed by atoms with Crippen LogP contribution < -0.4 is 5.73 Å². The van der Waals surface area contributed by atoms with Gasteiger partial charge >= 0.3 is 41.5 Å². The van der Waals surface area contributed by atoms with Crippen LogP contribution in [0.25, 0.3) is 0 Å². The molecule has 0 aromatic rings. The van der Waals surface area contributed by atoms with Gasteiger partial charge in [0.1, 0.15) is 6.04 Å². The van der Waals surface area contributed by atoms with Crippen LogP contribution in [-0.2, 0) is 29.3 Å². The van der Waals surface area contributed by atoms with E-state index in [9.17, 15) is 37.3 Å². The molecule has 0 spiro atoms. The average Bonchev–Trinajstić information content (AvgIpc) is 2.82. The summed E-state index contributed by atoms with van der Waals surface area (Å²) in [6.07, 6.45) is 15.8. The van der Waals surface area contributed by atoms with Crippen molar-refractivity contribution in [2.24, 2.45) is 5.73 Å². The fourth-order valence-corrected chi connectivity index (χ4v) is 5.20. The number of nitrogens with zero attached hydrogens (tertiary/aromatic N) is 1. The number of carbonyl (C=O) groups excluding carboxylic acids is 2. The summed E-state index contributed by atoms with van der Waals surface area (Å²) in [6.45, 7) is 1.99. The summed E-state index contributed by atoms with van der Waals surface area (Å²) in [6, 6.07) is -1.85. The molecule has 0 aromatic heterocycles. The summed E-state index contributed by atoms with van der Waals surface area (Å²) in [7, 11) is -5.09. The Hall–Kier alpha value is -1.21. The monoisotopic (exact) mass is 588 g/mol. The zero-order valence-electron chi connectivity index (χ0n) is 22.8. The number of carboxylic acids is 2. The zero-order valence-corrected chi connectivity index (χ0v) is 23.6. The molecular formula is C26H49N2NaO9S. The second kappa shape index (κ2) is 23.5. The summed E-state index contributed by atoms with van der Waals surface area (Å²) < 4.78 is 32.8. The molecule has 0 rings (SSSR count). The number of hydrogen-bond donors (Lipinski definition) is 4. The van der Waals surface area contributed by atoms with Crippen LogP contribution in [0.1, 0.15) is 122 Å². The quantitative estimate of drug-likeness (QED) is 0.0702. The SMILES string of the molecule is CCCCCCCCCCCCCCCCCCN(C(=O)C(CC(N)=O)S(=O)(=O)O)C(CC(=O)O)C(=O)O.[NaH]. The third-order valence-electron chi connectivity index (χ3n) is 6.59. The summed E-state index contributed by atoms with van der Waals surface area (Å²) in [5.41, 5.74) is 4.99. The van der Waals surface area contributed by atoms with Gasteiger partial charge in [-0.15, -0.1) is 0 Å². The second-order valence-electron chi connectivity index (χ2n) is 9.96. The van der Waals surface area contributed by atoms with Crippen molar-refractivity contribution in [1.29, 1.82) is 0 Å². The van der Waals surface area contributed by atoms with E-state index in [-0.39, 0.29) is 36.1 Å². The summed E-state index contributed by atoms with van der Waals surface area (Å²) in [5, 5.41) is 16.3. The van der Waals surface area contributed by atoms with Crippen molar-refractivity contribution in [3.63, 3.8) is 0 Å². The summed E-state index contributed by atoms with van der Waals surface area (Å²) in [5.74, 6) is -5.68. The minimum atomic E-state index is -5.09. The molecule has 39 heavy (non-hydrogen) atoms. The van der Waals surface area contributed by atoms with Crippen LogP contribution >= 0.6 is 0 Å². The van der Waals surface area contributed by atoms with Crippen molar-refractivity contribution in [3.8, 4) is 0 Å². The molecule has 0 saturated carbocycles. The van der Waals surface area contributed by atoms with Gasteiger partial charge in [-0.05, 0) is 6.42 Å². The minimum absolute atomic E-state index is 0. The Labute approximate surface area is 255 Å². The first-order valence-corrected chi connectivity index (χ1v) is 15.4. The van der Waals surface area contributed by atoms with E-state index in [1.807, 2.05) is 0 Å². The molecule has 224 valence electrons. The van der Waals surface area contributed by atoms with Crippen molar-refractivity contribution in [1.82, 2.24) is 4.90 Å². The van der Waals surface area contributed by atoms with E-state index in [1.54, 1.807) is 0 Å². The van der Waals surface area contributed by atoms with E-state index in [0.717, 1.165) is 25.7 Å². The zero-order chi connectivity index (χ0) is 29.0. The fourth-order valence-electron chi connectivity index (χ4n) is 4.43. The second-order valence-corrected chi connectivity index (χ2v) is 11.6. The van der Waals surface area contributed by atoms with Gasteiger partial charge in [-0.3, -0.25) is 18.9 Å². The van der Waals surface area contributed by atoms with Gasteiger partial charge in [0.05, 0.1) is 12.8 Å². The number of amides is 2. The van der Waals surface area contributed by atoms with Gasteiger partial charge in [-0.1, -0.05) is 103 Å². The van der Waals surface area contributed by atoms with Crippen LogP contribution in [0.5, 0.6) is 0 Å². The molecule has 0 aliphatic carbocycles. The maximum atomic E-state index is 12.9. The number of carbonyl (C=O) groups is 4. The molecule has 0 heterocycles. The first-order valence-electron chi connectivity index (χ1n) is 13.9. The van der Waals surface area contributed by atoms with Gasteiger partial charge < -0.3 is 20.8 Å². The Balaban J connectivity index is 0. The topological polar surface area (TPSA) is 192 Å². The number of primary amides is 1. The predicted octanol–water partition coefficient (Wildman–Crippen LogP) is 3.49. The normalized spacial score (nSPS) is 12.8. The molecule has 5 N–H and O–H groups in total. The molecule has 2 amide bonds. The average molecular weight is 589 g/mol. The van der Waals surface area contributed by atoms with Crippen molar-refractivity contribution >= 4 is 63.4 Å². The van der Waals surface area contributed by atoms with Crippen molar-refractivity contribution in [2.45, 2.75) is 134 Å². The first-order chi connectivity index (χ1) is 17.9. The van der Waals surface area contributed by atoms with Gasteiger partial charge in [0.25, 0.3) is 10.1 Å². The van der Waals surface area contributed by atoms with Gasteiger partial charge in [0, 0.05) is 6.54 Å². The molecule has 2 unspecified atom stereocenters. The van der Waals surface area contributed by atoms with Crippen molar-refractivity contribution < 1.29 is 42.4 Å². The van der Waals surface area contributed by atoms with E-state index in [1.165, 1.54) is 64.2 Å². The molecule has 11 nitrogen and oxygen atoms in total. The van der Waals surface area contributed by atoms with Crippen molar-refractivity contribution in [3.05, 3.63) is 0 Å². The predicted molar refractivity (Wildman–Crippen MR) is 151 cm³/mol. The number of hydrogen-bond acceptors (Lipinski definition) is 6. The molecule has 0 radical (unpaired) electrons. The number of unbranched alkanes of at least 4 members (excludes halogenated alkanes) is 15. The van der Waals surface area contributed by atoms with E-state index >= 15 is 0 Å². The van der Waals surface area contributed by atoms with Crippen LogP contribution in [0, 0.1) is 0 Å². The van der Waals surface area contributed by atoms with E-state index in [2.05, 4.69) is 6.92 Å². The van der Waals surface area contributed by atoms with E-state index in [0.29, 0.717) is 17.7 Å². The van der Waals surface area contributed by atoms with E-state index < -0.39 is 58.0 Å². The third-order valence-corrected chi connectivity index (χ3v) is 7.67. The third kappa shape index (κ3) is 20.3. The molecule has 13 heteroatoms. The molecule has 0 saturated heterocycles. The van der Waals surface area contributed by atoms with E-state index in [4.69, 9.17) is 10.8 Å². The van der Waals surface area contributed by atoms with Gasteiger partial charge in [0.2, 0.25) is 11.8 Å². The Kier molecular flexibility index (Phi) is 24.1. The molecule has 0 bridgehead atoms. The van der Waals surface area contributed by atoms with Crippen LogP contribution in [0.4, 0.5) is 0 Å². The van der Waals surface area contributed by atoms with Crippen LogP contribution in [0.15, 0.2) is 0 Å². The Bertz CT molecular complexity index is 824. The molecule has 0 fully saturated rings.